The molecule has 7 nitrogen and oxygen atoms in total. The van der Waals surface area contributed by atoms with E-state index in [1.165, 1.54) is 24.6 Å². The Hall–Kier alpha value is -3.68. The molecule has 8 heteroatoms. The fourth-order valence-corrected chi connectivity index (χ4v) is 5.04. The maximum Gasteiger partial charge on any atom is 0.274 e. The Labute approximate surface area is 210 Å². The molecule has 0 spiro atoms. The van der Waals surface area contributed by atoms with E-state index in [9.17, 15) is 4.79 Å². The number of amides is 1. The Kier molecular flexibility index (Phi) is 6.17. The predicted molar refractivity (Wildman–Crippen MR) is 139 cm³/mol. The van der Waals surface area contributed by atoms with Gasteiger partial charge >= 0.3 is 0 Å². The summed E-state index contributed by atoms with van der Waals surface area (Å²) in [6.07, 6.45) is 18.0. The van der Waals surface area contributed by atoms with Gasteiger partial charge in [0.25, 0.3) is 5.91 Å². The smallest absolute Gasteiger partial charge is 0.274 e. The molecule has 36 heavy (non-hydrogen) atoms. The monoisotopic (exact) mass is 486 g/mol. The number of carbonyl (C=O) groups excluding carboxylic acids is 1. The largest absolute Gasteiger partial charge is 0.384 e. The van der Waals surface area contributed by atoms with E-state index in [2.05, 4.69) is 37.8 Å². The number of aliphatic imine (C=N–C) groups is 1. The number of hydrogen-bond donors (Lipinski definition) is 2. The van der Waals surface area contributed by atoms with E-state index in [4.69, 9.17) is 0 Å². The van der Waals surface area contributed by atoms with Crippen LogP contribution in [0, 0.1) is 5.82 Å². The fraction of sp³-hybridized carbons (Fsp3) is 0.393. The number of nitrogens with zero attached hydrogens (tertiary/aromatic N) is 4. The van der Waals surface area contributed by atoms with Gasteiger partial charge in [0.2, 0.25) is 0 Å². The molecule has 0 bridgehead atoms. The first kappa shape index (κ1) is 22.8. The molecular weight excluding hydrogens is 455 g/mol. The van der Waals surface area contributed by atoms with Crippen LogP contribution in [0.4, 0.5) is 10.1 Å². The third-order valence-corrected chi connectivity index (χ3v) is 7.16. The summed E-state index contributed by atoms with van der Waals surface area (Å²) >= 11 is 0. The summed E-state index contributed by atoms with van der Waals surface area (Å²) in [7, 11) is 0. The summed E-state index contributed by atoms with van der Waals surface area (Å²) in [5.74, 6) is -0.626. The lowest BCUT2D eigenvalue weighted by Crippen LogP contribution is -2.32. The van der Waals surface area contributed by atoms with Gasteiger partial charge in [-0.1, -0.05) is 12.2 Å². The molecular formula is C28H31FN6O. The number of likely N-dealkylation sites (tertiary alicyclic amines) is 1. The molecule has 3 heterocycles. The molecule has 2 aliphatic heterocycles. The third-order valence-electron chi connectivity index (χ3n) is 7.16. The highest BCUT2D eigenvalue weighted by Crippen LogP contribution is 2.36. The van der Waals surface area contributed by atoms with E-state index >= 15 is 4.39 Å². The topological polar surface area (TPSA) is 74.6 Å². The third kappa shape index (κ3) is 4.72. The summed E-state index contributed by atoms with van der Waals surface area (Å²) in [6.45, 7) is 3.35. The molecule has 1 amide bonds. The summed E-state index contributed by atoms with van der Waals surface area (Å²) in [5.41, 5.74) is 4.60. The van der Waals surface area contributed by atoms with Crippen LogP contribution in [0.3, 0.4) is 0 Å². The van der Waals surface area contributed by atoms with E-state index in [0.717, 1.165) is 44.5 Å². The minimum atomic E-state index is -0.341. The average Bonchev–Trinajstić information content (AvgIpc) is 3.43. The van der Waals surface area contributed by atoms with Gasteiger partial charge in [-0.05, 0) is 62.8 Å². The van der Waals surface area contributed by atoms with Crippen molar-refractivity contribution in [2.45, 2.75) is 44.6 Å². The first-order valence-corrected chi connectivity index (χ1v) is 13.0. The van der Waals surface area contributed by atoms with Crippen molar-refractivity contribution in [3.8, 4) is 11.1 Å². The van der Waals surface area contributed by atoms with Gasteiger partial charge in [-0.2, -0.15) is 5.10 Å². The highest BCUT2D eigenvalue weighted by molar-refractivity contribution is 6.47. The van der Waals surface area contributed by atoms with Crippen molar-refractivity contribution in [3.05, 3.63) is 71.6 Å². The zero-order valence-corrected chi connectivity index (χ0v) is 20.3. The van der Waals surface area contributed by atoms with E-state index in [1.54, 1.807) is 12.3 Å². The molecule has 2 aliphatic carbocycles. The SMILES string of the molecule is O=C(NC1=CCC=C(N2CCCC2)C=C1)C1=NCCCNc2cc(F)c(-c3cnn(C4CC4)c3)cc21. The van der Waals surface area contributed by atoms with E-state index in [1.807, 2.05) is 23.0 Å². The number of carbonyl (C=O) groups is 1. The van der Waals surface area contributed by atoms with Crippen LogP contribution in [0.2, 0.25) is 0 Å². The molecule has 1 saturated heterocycles. The van der Waals surface area contributed by atoms with Crippen LogP contribution in [0.15, 0.2) is 65.2 Å². The summed E-state index contributed by atoms with van der Waals surface area (Å²) in [5, 5.41) is 10.8. The van der Waals surface area contributed by atoms with Crippen LogP contribution >= 0.6 is 0 Å². The van der Waals surface area contributed by atoms with Gasteiger partial charge in [0.15, 0.2) is 0 Å². The number of benzene rings is 1. The number of fused-ring (bicyclic) bond motifs is 1. The Balaban J connectivity index is 1.27. The van der Waals surface area contributed by atoms with Gasteiger partial charge in [-0.3, -0.25) is 14.5 Å². The van der Waals surface area contributed by atoms with Crippen LogP contribution < -0.4 is 10.6 Å². The first-order valence-electron chi connectivity index (χ1n) is 13.0. The molecule has 0 unspecified atom stereocenters. The number of allylic oxidation sites excluding steroid dienone is 4. The van der Waals surface area contributed by atoms with Gasteiger partial charge in [-0.15, -0.1) is 0 Å². The molecule has 186 valence electrons. The molecule has 0 radical (unpaired) electrons. The zero-order chi connectivity index (χ0) is 24.5. The van der Waals surface area contributed by atoms with Crippen molar-refractivity contribution in [3.63, 3.8) is 0 Å². The molecule has 0 atom stereocenters. The van der Waals surface area contributed by atoms with Crippen LogP contribution in [-0.4, -0.2) is 52.5 Å². The van der Waals surface area contributed by atoms with Gasteiger partial charge in [0.1, 0.15) is 11.5 Å². The quantitative estimate of drug-likeness (QED) is 0.649. The summed E-state index contributed by atoms with van der Waals surface area (Å²) < 4.78 is 17.1. The normalized spacial score (nSPS) is 19.8. The number of halogens is 1. The van der Waals surface area contributed by atoms with Crippen LogP contribution in [0.5, 0.6) is 0 Å². The van der Waals surface area contributed by atoms with Crippen molar-refractivity contribution < 1.29 is 9.18 Å². The van der Waals surface area contributed by atoms with E-state index in [-0.39, 0.29) is 11.7 Å². The predicted octanol–water partition coefficient (Wildman–Crippen LogP) is 4.57. The van der Waals surface area contributed by atoms with Crippen molar-refractivity contribution in [1.82, 2.24) is 20.0 Å². The Morgan fingerprint density at radius 3 is 2.78 bits per heavy atom. The van der Waals surface area contributed by atoms with Crippen LogP contribution in [0.25, 0.3) is 11.1 Å². The molecule has 4 aliphatic rings. The average molecular weight is 487 g/mol. The Morgan fingerprint density at radius 2 is 1.94 bits per heavy atom. The lowest BCUT2D eigenvalue weighted by Gasteiger charge is -2.19. The molecule has 2 aromatic rings. The van der Waals surface area contributed by atoms with Crippen molar-refractivity contribution in [2.75, 3.05) is 31.5 Å². The van der Waals surface area contributed by atoms with E-state index in [0.29, 0.717) is 47.2 Å². The van der Waals surface area contributed by atoms with Crippen molar-refractivity contribution in [1.29, 1.82) is 0 Å². The molecule has 2 fully saturated rings. The number of rotatable bonds is 5. The van der Waals surface area contributed by atoms with Gasteiger partial charge in [0.05, 0.1) is 12.2 Å². The number of nitrogens with one attached hydrogen (secondary N) is 2. The minimum Gasteiger partial charge on any atom is -0.384 e. The second-order valence-electron chi connectivity index (χ2n) is 9.83. The highest BCUT2D eigenvalue weighted by Gasteiger charge is 2.26. The van der Waals surface area contributed by atoms with E-state index < -0.39 is 0 Å². The zero-order valence-electron chi connectivity index (χ0n) is 20.3. The molecule has 1 saturated carbocycles. The van der Waals surface area contributed by atoms with Crippen LogP contribution in [-0.2, 0) is 4.79 Å². The maximum absolute atomic E-state index is 15.2. The lowest BCUT2D eigenvalue weighted by molar-refractivity contribution is -0.114. The number of aromatic nitrogens is 2. The Bertz CT molecular complexity index is 1290. The second kappa shape index (κ2) is 9.76. The minimum absolute atomic E-state index is 0.285. The number of anilines is 1. The second-order valence-corrected chi connectivity index (χ2v) is 9.83. The summed E-state index contributed by atoms with van der Waals surface area (Å²) in [6, 6.07) is 3.63. The maximum atomic E-state index is 15.2. The van der Waals surface area contributed by atoms with Crippen LogP contribution in [0.1, 0.15) is 50.1 Å². The fourth-order valence-electron chi connectivity index (χ4n) is 5.04. The van der Waals surface area contributed by atoms with Gasteiger partial charge < -0.3 is 15.5 Å². The lowest BCUT2D eigenvalue weighted by atomic mass is 9.99. The Morgan fingerprint density at radius 1 is 1.08 bits per heavy atom. The molecule has 1 aromatic heterocycles. The van der Waals surface area contributed by atoms with Crippen molar-refractivity contribution >= 4 is 17.3 Å². The van der Waals surface area contributed by atoms with Gasteiger partial charge in [-0.25, -0.2) is 4.39 Å². The molecule has 6 rings (SSSR count). The first-order chi connectivity index (χ1) is 17.7. The highest BCUT2D eigenvalue weighted by atomic mass is 19.1. The number of hydrogen-bond acceptors (Lipinski definition) is 5. The van der Waals surface area contributed by atoms with Gasteiger partial charge in [0, 0.05) is 66.1 Å². The standard InChI is InChI=1S/C28H31FN6O/c29-25-16-26-24(15-23(25)19-17-32-35(18-19)22-9-10-22)27(31-12-4-11-30-26)28(36)33-20-5-3-6-21(8-7-20)34-13-1-2-14-34/h5-8,15-18,22,30H,1-4,9-14H2,(H,33,36). The molecule has 2 N–H and O–H groups in total. The summed E-state index contributed by atoms with van der Waals surface area (Å²) in [4.78, 5) is 20.5. The van der Waals surface area contributed by atoms with Crippen molar-refractivity contribution in [2.24, 2.45) is 4.99 Å². The molecule has 1 aromatic carbocycles.